The summed E-state index contributed by atoms with van der Waals surface area (Å²) in [6.45, 7) is 0. The SMILES string of the molecule is c1ccc(-c2ccc(-c3cc(-c4ccc(-c5ccc(-c6c7c(cc8c(-c9ccccc9)nc9ccccc9c68)oc6ccccc67)cc5)cc4)nc(-c4ccccc4)n3)cc2)cc1. The van der Waals surface area contributed by atoms with Crippen molar-refractivity contribution in [1.82, 2.24) is 15.0 Å². The number of rotatable bonds is 7. The zero-order valence-electron chi connectivity index (χ0n) is 34.1. The lowest BCUT2D eigenvalue weighted by Crippen LogP contribution is -1.96. The molecule has 3 heterocycles. The highest BCUT2D eigenvalue weighted by Crippen LogP contribution is 2.46. The first-order valence-electron chi connectivity index (χ1n) is 21.3. The van der Waals surface area contributed by atoms with Gasteiger partial charge in [0.2, 0.25) is 0 Å². The third-order valence-electron chi connectivity index (χ3n) is 12.1. The molecule has 0 saturated carbocycles. The minimum Gasteiger partial charge on any atom is -0.456 e. The van der Waals surface area contributed by atoms with Crippen LogP contribution < -0.4 is 0 Å². The standard InChI is InChI=1S/C59H37N3O/c1-4-14-38(15-5-1)39-24-30-42(31-25-39)51-37-52(62-59(61-51)46-18-8-3-9-19-46)43-32-26-40(27-33-43)41-28-34-44(35-29-41)55-56-47-20-10-12-22-50(47)60-58(45-16-6-2-7-17-45)49(56)36-54-57(55)48-21-11-13-23-53(48)63-54/h1-37H. The van der Waals surface area contributed by atoms with E-state index in [0.717, 1.165) is 99.8 Å². The third kappa shape index (κ3) is 6.53. The zero-order valence-corrected chi connectivity index (χ0v) is 34.1. The van der Waals surface area contributed by atoms with Gasteiger partial charge in [0.05, 0.1) is 22.6 Å². The number of furan rings is 1. The van der Waals surface area contributed by atoms with Gasteiger partial charge in [0, 0.05) is 54.7 Å². The molecule has 63 heavy (non-hydrogen) atoms. The van der Waals surface area contributed by atoms with Gasteiger partial charge in [-0.15, -0.1) is 0 Å². The van der Waals surface area contributed by atoms with Crippen LogP contribution in [-0.2, 0) is 0 Å². The van der Waals surface area contributed by atoms with Crippen molar-refractivity contribution in [2.45, 2.75) is 0 Å². The molecule has 0 bridgehead atoms. The van der Waals surface area contributed by atoms with E-state index in [1.807, 2.05) is 36.4 Å². The smallest absolute Gasteiger partial charge is 0.160 e. The third-order valence-corrected chi connectivity index (χ3v) is 12.1. The van der Waals surface area contributed by atoms with Gasteiger partial charge < -0.3 is 4.42 Å². The molecule has 0 N–H and O–H groups in total. The van der Waals surface area contributed by atoms with Crippen LogP contribution in [-0.4, -0.2) is 15.0 Å². The molecule has 0 atom stereocenters. The largest absolute Gasteiger partial charge is 0.456 e. The number of aromatic nitrogens is 3. The van der Waals surface area contributed by atoms with Gasteiger partial charge in [-0.3, -0.25) is 0 Å². The predicted molar refractivity (Wildman–Crippen MR) is 260 cm³/mol. The van der Waals surface area contributed by atoms with Crippen molar-refractivity contribution in [2.24, 2.45) is 0 Å². The van der Waals surface area contributed by atoms with Gasteiger partial charge in [-0.05, 0) is 52.1 Å². The molecule has 4 heteroatoms. The van der Waals surface area contributed by atoms with Gasteiger partial charge in [-0.1, -0.05) is 200 Å². The van der Waals surface area contributed by atoms with Crippen LogP contribution >= 0.6 is 0 Å². The quantitative estimate of drug-likeness (QED) is 0.151. The maximum absolute atomic E-state index is 6.62. The Balaban J connectivity index is 0.950. The van der Waals surface area contributed by atoms with Crippen molar-refractivity contribution >= 4 is 43.6 Å². The summed E-state index contributed by atoms with van der Waals surface area (Å²) in [5.41, 5.74) is 16.4. The average molecular weight is 804 g/mol. The summed E-state index contributed by atoms with van der Waals surface area (Å²) in [6, 6.07) is 78.5. The van der Waals surface area contributed by atoms with E-state index in [2.05, 4.69) is 188 Å². The van der Waals surface area contributed by atoms with Crippen molar-refractivity contribution in [3.8, 4) is 78.5 Å². The molecule has 0 spiro atoms. The van der Waals surface area contributed by atoms with E-state index in [9.17, 15) is 0 Å². The molecule has 0 radical (unpaired) electrons. The maximum Gasteiger partial charge on any atom is 0.160 e. The topological polar surface area (TPSA) is 51.8 Å². The van der Waals surface area contributed by atoms with Crippen LogP contribution in [0.1, 0.15) is 0 Å². The van der Waals surface area contributed by atoms with Gasteiger partial charge in [-0.25, -0.2) is 15.0 Å². The predicted octanol–water partition coefficient (Wildman–Crippen LogP) is 15.7. The second-order valence-electron chi connectivity index (χ2n) is 15.9. The van der Waals surface area contributed by atoms with Crippen LogP contribution in [0.3, 0.4) is 0 Å². The number of fused-ring (bicyclic) bond motifs is 6. The highest BCUT2D eigenvalue weighted by Gasteiger charge is 2.22. The van der Waals surface area contributed by atoms with Crippen LogP contribution in [0.4, 0.5) is 0 Å². The summed E-state index contributed by atoms with van der Waals surface area (Å²) in [4.78, 5) is 15.4. The van der Waals surface area contributed by atoms with Crippen LogP contribution in [0.25, 0.3) is 122 Å². The molecular formula is C59H37N3O. The molecule has 12 aromatic rings. The minimum atomic E-state index is 0.697. The van der Waals surface area contributed by atoms with Gasteiger partial charge >= 0.3 is 0 Å². The molecule has 294 valence electrons. The molecule has 0 unspecified atom stereocenters. The van der Waals surface area contributed by atoms with E-state index >= 15 is 0 Å². The molecule has 0 aliphatic rings. The monoisotopic (exact) mass is 803 g/mol. The highest BCUT2D eigenvalue weighted by atomic mass is 16.3. The summed E-state index contributed by atoms with van der Waals surface area (Å²) in [5.74, 6) is 0.697. The Morgan fingerprint density at radius 2 is 0.746 bits per heavy atom. The second-order valence-corrected chi connectivity index (χ2v) is 15.9. The summed E-state index contributed by atoms with van der Waals surface area (Å²) in [7, 11) is 0. The van der Waals surface area contributed by atoms with Gasteiger partial charge in [0.15, 0.2) is 5.82 Å². The van der Waals surface area contributed by atoms with Crippen LogP contribution in [0.2, 0.25) is 0 Å². The lowest BCUT2D eigenvalue weighted by atomic mass is 9.89. The van der Waals surface area contributed by atoms with E-state index in [4.69, 9.17) is 19.4 Å². The van der Waals surface area contributed by atoms with Gasteiger partial charge in [-0.2, -0.15) is 0 Å². The van der Waals surface area contributed by atoms with E-state index in [1.54, 1.807) is 0 Å². The van der Waals surface area contributed by atoms with Crippen LogP contribution in [0.5, 0.6) is 0 Å². The van der Waals surface area contributed by atoms with E-state index < -0.39 is 0 Å². The normalized spacial score (nSPS) is 11.5. The summed E-state index contributed by atoms with van der Waals surface area (Å²) in [6.07, 6.45) is 0. The lowest BCUT2D eigenvalue weighted by molar-refractivity contribution is 0.669. The first kappa shape index (κ1) is 36.4. The Labute approximate surface area is 364 Å². The fraction of sp³-hybridized carbons (Fsp3) is 0. The Kier molecular flexibility index (Phi) is 8.79. The van der Waals surface area contributed by atoms with Crippen LogP contribution in [0.15, 0.2) is 229 Å². The Hall–Kier alpha value is -8.47. The molecule has 0 saturated heterocycles. The number of pyridine rings is 1. The van der Waals surface area contributed by atoms with Crippen molar-refractivity contribution in [3.05, 3.63) is 224 Å². The van der Waals surface area contributed by atoms with Crippen molar-refractivity contribution in [2.75, 3.05) is 0 Å². The van der Waals surface area contributed by atoms with Gasteiger partial charge in [0.1, 0.15) is 11.2 Å². The molecule has 0 amide bonds. The van der Waals surface area contributed by atoms with Crippen molar-refractivity contribution in [3.63, 3.8) is 0 Å². The van der Waals surface area contributed by atoms with E-state index in [-0.39, 0.29) is 0 Å². The fourth-order valence-corrected chi connectivity index (χ4v) is 9.01. The summed E-state index contributed by atoms with van der Waals surface area (Å²) >= 11 is 0. The van der Waals surface area contributed by atoms with E-state index in [0.29, 0.717) is 5.82 Å². The summed E-state index contributed by atoms with van der Waals surface area (Å²) < 4.78 is 6.62. The molecule has 0 aliphatic heterocycles. The van der Waals surface area contributed by atoms with Gasteiger partial charge in [0.25, 0.3) is 0 Å². The van der Waals surface area contributed by atoms with Crippen LogP contribution in [0, 0.1) is 0 Å². The molecule has 0 fully saturated rings. The highest BCUT2D eigenvalue weighted by molar-refractivity contribution is 6.27. The maximum atomic E-state index is 6.62. The Bertz CT molecular complexity index is 3620. The summed E-state index contributed by atoms with van der Waals surface area (Å²) in [5, 5.41) is 5.55. The van der Waals surface area contributed by atoms with E-state index in [1.165, 1.54) is 16.5 Å². The number of para-hydroxylation sites is 2. The molecular weight excluding hydrogens is 767 g/mol. The zero-order chi connectivity index (χ0) is 41.7. The number of benzene rings is 9. The first-order chi connectivity index (χ1) is 31.2. The first-order valence-corrected chi connectivity index (χ1v) is 21.3. The number of hydrogen-bond donors (Lipinski definition) is 0. The molecule has 3 aromatic heterocycles. The Morgan fingerprint density at radius 1 is 0.286 bits per heavy atom. The van der Waals surface area contributed by atoms with Crippen molar-refractivity contribution in [1.29, 1.82) is 0 Å². The fourth-order valence-electron chi connectivity index (χ4n) is 9.01. The number of nitrogens with zero attached hydrogens (tertiary/aromatic N) is 3. The minimum absolute atomic E-state index is 0.697. The molecule has 12 rings (SSSR count). The average Bonchev–Trinajstić information content (AvgIpc) is 3.74. The second kappa shape index (κ2) is 15.2. The molecule has 9 aromatic carbocycles. The van der Waals surface area contributed by atoms with Crippen molar-refractivity contribution < 1.29 is 4.42 Å². The lowest BCUT2D eigenvalue weighted by Gasteiger charge is -2.16. The molecule has 0 aliphatic carbocycles. The molecule has 4 nitrogen and oxygen atoms in total. The number of hydrogen-bond acceptors (Lipinski definition) is 4. The Morgan fingerprint density at radius 3 is 1.35 bits per heavy atom.